The van der Waals surface area contributed by atoms with Gasteiger partial charge in [0, 0.05) is 12.8 Å². The molecule has 0 aromatic heterocycles. The number of methoxy groups -OCH3 is 1. The van der Waals surface area contributed by atoms with Gasteiger partial charge in [-0.15, -0.1) is 0 Å². The zero-order valence-corrected chi connectivity index (χ0v) is 11.2. The molecule has 0 aliphatic heterocycles. The fraction of sp³-hybridized carbons (Fsp3) is 0.769. The Hall–Kier alpha value is -1.39. The highest BCUT2D eigenvalue weighted by molar-refractivity contribution is 6.05. The Morgan fingerprint density at radius 3 is 2.56 bits per heavy atom. The molecule has 0 N–H and O–H groups in total. The van der Waals surface area contributed by atoms with Crippen LogP contribution in [0.4, 0.5) is 0 Å². The number of Topliss-reactive ketones (excluding diaryl/α,β-unsaturated/α-hetero) is 1. The molecule has 0 bridgehead atoms. The van der Waals surface area contributed by atoms with Gasteiger partial charge in [-0.2, -0.15) is 0 Å². The predicted molar refractivity (Wildman–Crippen MR) is 63.7 cm³/mol. The molecule has 0 aromatic rings. The van der Waals surface area contributed by atoms with Gasteiger partial charge in [-0.3, -0.25) is 14.4 Å². The monoisotopic (exact) mass is 256 g/mol. The summed E-state index contributed by atoms with van der Waals surface area (Å²) in [7, 11) is 1.27. The summed E-state index contributed by atoms with van der Waals surface area (Å²) in [6, 6.07) is 0. The molecule has 0 unspecified atom stereocenters. The molecule has 102 valence electrons. The van der Waals surface area contributed by atoms with Crippen LogP contribution in [0.1, 0.15) is 39.5 Å². The van der Waals surface area contributed by atoms with Crippen molar-refractivity contribution in [1.82, 2.24) is 0 Å². The van der Waals surface area contributed by atoms with Crippen molar-refractivity contribution in [3.63, 3.8) is 0 Å². The van der Waals surface area contributed by atoms with Crippen molar-refractivity contribution >= 4 is 17.7 Å². The number of esters is 2. The molecule has 1 aliphatic carbocycles. The Morgan fingerprint density at radius 1 is 1.44 bits per heavy atom. The highest BCUT2D eigenvalue weighted by Gasteiger charge is 2.53. The largest absolute Gasteiger partial charge is 0.468 e. The lowest BCUT2D eigenvalue weighted by Crippen LogP contribution is -2.43. The van der Waals surface area contributed by atoms with Gasteiger partial charge in [0.25, 0.3) is 0 Å². The first-order valence-corrected chi connectivity index (χ1v) is 6.26. The summed E-state index contributed by atoms with van der Waals surface area (Å²) in [4.78, 5) is 35.4. The van der Waals surface area contributed by atoms with E-state index in [9.17, 15) is 14.4 Å². The highest BCUT2D eigenvalue weighted by atomic mass is 16.5. The van der Waals surface area contributed by atoms with Crippen molar-refractivity contribution in [2.75, 3.05) is 13.7 Å². The Bertz CT molecular complexity index is 349. The Morgan fingerprint density at radius 2 is 2.11 bits per heavy atom. The Balaban J connectivity index is 2.87. The molecular weight excluding hydrogens is 236 g/mol. The molecule has 1 aliphatic rings. The molecule has 5 nitrogen and oxygen atoms in total. The molecular formula is C13H20O5. The van der Waals surface area contributed by atoms with E-state index in [1.165, 1.54) is 7.11 Å². The lowest BCUT2D eigenvalue weighted by molar-refractivity contribution is -0.161. The molecule has 1 fully saturated rings. The maximum absolute atomic E-state index is 12.0. The zero-order valence-electron chi connectivity index (χ0n) is 11.2. The van der Waals surface area contributed by atoms with E-state index in [0.717, 1.165) is 0 Å². The van der Waals surface area contributed by atoms with Gasteiger partial charge in [-0.05, 0) is 25.7 Å². The van der Waals surface area contributed by atoms with Crippen LogP contribution in [-0.2, 0) is 23.9 Å². The normalized spacial score (nSPS) is 24.7. The summed E-state index contributed by atoms with van der Waals surface area (Å²) in [5.41, 5.74) is -1.15. The molecule has 1 rings (SSSR count). The molecule has 0 aromatic carbocycles. The van der Waals surface area contributed by atoms with Gasteiger partial charge in [-0.25, -0.2) is 0 Å². The maximum Gasteiger partial charge on any atom is 0.319 e. The summed E-state index contributed by atoms with van der Waals surface area (Å²) < 4.78 is 9.62. The minimum atomic E-state index is -1.15. The van der Waals surface area contributed by atoms with Gasteiger partial charge in [0.2, 0.25) is 0 Å². The van der Waals surface area contributed by atoms with Crippen LogP contribution in [0.15, 0.2) is 0 Å². The summed E-state index contributed by atoms with van der Waals surface area (Å²) >= 11 is 0. The number of carbonyl (C=O) groups excluding carboxylic acids is 3. The lowest BCUT2D eigenvalue weighted by atomic mass is 9.72. The van der Waals surface area contributed by atoms with E-state index in [1.54, 1.807) is 13.8 Å². The van der Waals surface area contributed by atoms with Crippen molar-refractivity contribution in [2.24, 2.45) is 11.3 Å². The van der Waals surface area contributed by atoms with E-state index in [4.69, 9.17) is 9.47 Å². The standard InChI is InChI=1S/C13H20O5/c1-4-18-11(15)8-9(2)13(12(16)17-3)7-5-6-10(13)14/h9H,4-8H2,1-3H3/t9-,13-/m0/s1. The molecule has 1 saturated carbocycles. The first kappa shape index (κ1) is 14.7. The summed E-state index contributed by atoms with van der Waals surface area (Å²) in [5, 5.41) is 0. The first-order chi connectivity index (χ1) is 8.48. The first-order valence-electron chi connectivity index (χ1n) is 6.26. The summed E-state index contributed by atoms with van der Waals surface area (Å²) in [6.07, 6.45) is 1.57. The van der Waals surface area contributed by atoms with Gasteiger partial charge < -0.3 is 9.47 Å². The van der Waals surface area contributed by atoms with E-state index >= 15 is 0 Å². The predicted octanol–water partition coefficient (Wildman–Crippen LogP) is 1.49. The van der Waals surface area contributed by atoms with Gasteiger partial charge in [0.15, 0.2) is 0 Å². The van der Waals surface area contributed by atoms with E-state index < -0.39 is 11.4 Å². The summed E-state index contributed by atoms with van der Waals surface area (Å²) in [5.74, 6) is -1.42. The molecule has 0 saturated heterocycles. The highest BCUT2D eigenvalue weighted by Crippen LogP contribution is 2.44. The maximum atomic E-state index is 12.0. The van der Waals surface area contributed by atoms with Crippen LogP contribution in [0, 0.1) is 11.3 Å². The number of ether oxygens (including phenoxy) is 2. The third kappa shape index (κ3) is 2.54. The number of hydrogen-bond acceptors (Lipinski definition) is 5. The molecule has 5 heteroatoms. The smallest absolute Gasteiger partial charge is 0.319 e. The topological polar surface area (TPSA) is 69.7 Å². The van der Waals surface area contributed by atoms with Crippen LogP contribution in [0.3, 0.4) is 0 Å². The van der Waals surface area contributed by atoms with Crippen molar-refractivity contribution < 1.29 is 23.9 Å². The molecule has 18 heavy (non-hydrogen) atoms. The van der Waals surface area contributed by atoms with Gasteiger partial charge in [0.1, 0.15) is 11.2 Å². The van der Waals surface area contributed by atoms with Crippen molar-refractivity contribution in [1.29, 1.82) is 0 Å². The van der Waals surface area contributed by atoms with E-state index in [-0.39, 0.29) is 24.1 Å². The second kappa shape index (κ2) is 5.98. The van der Waals surface area contributed by atoms with E-state index in [0.29, 0.717) is 25.9 Å². The van der Waals surface area contributed by atoms with Crippen molar-refractivity contribution in [3.05, 3.63) is 0 Å². The van der Waals surface area contributed by atoms with Crippen LogP contribution < -0.4 is 0 Å². The summed E-state index contributed by atoms with van der Waals surface area (Å²) in [6.45, 7) is 3.75. The van der Waals surface area contributed by atoms with Gasteiger partial charge in [-0.1, -0.05) is 6.92 Å². The van der Waals surface area contributed by atoms with Crippen LogP contribution in [-0.4, -0.2) is 31.4 Å². The average molecular weight is 256 g/mol. The third-order valence-electron chi connectivity index (χ3n) is 3.64. The van der Waals surface area contributed by atoms with Gasteiger partial charge in [0.05, 0.1) is 13.7 Å². The van der Waals surface area contributed by atoms with E-state index in [1.807, 2.05) is 0 Å². The second-order valence-electron chi connectivity index (χ2n) is 4.65. The quantitative estimate of drug-likeness (QED) is 0.550. The fourth-order valence-electron chi connectivity index (χ4n) is 2.65. The molecule has 0 spiro atoms. The SMILES string of the molecule is CCOC(=O)C[C@H](C)[C@@]1(C(=O)OC)CCCC1=O. The van der Waals surface area contributed by atoms with Gasteiger partial charge >= 0.3 is 11.9 Å². The number of hydrogen-bond donors (Lipinski definition) is 0. The number of carbonyl (C=O) groups is 3. The van der Waals surface area contributed by atoms with Crippen LogP contribution in [0.25, 0.3) is 0 Å². The number of ketones is 1. The van der Waals surface area contributed by atoms with Crippen LogP contribution in [0.5, 0.6) is 0 Å². The minimum Gasteiger partial charge on any atom is -0.468 e. The Labute approximate surface area is 107 Å². The average Bonchev–Trinajstić information content (AvgIpc) is 2.71. The Kier molecular flexibility index (Phi) is 4.87. The van der Waals surface area contributed by atoms with Crippen molar-refractivity contribution in [2.45, 2.75) is 39.5 Å². The van der Waals surface area contributed by atoms with Crippen LogP contribution in [0.2, 0.25) is 0 Å². The zero-order chi connectivity index (χ0) is 13.8. The van der Waals surface area contributed by atoms with E-state index in [2.05, 4.69) is 0 Å². The molecule has 0 amide bonds. The third-order valence-corrected chi connectivity index (χ3v) is 3.64. The molecule has 0 radical (unpaired) electrons. The fourth-order valence-corrected chi connectivity index (χ4v) is 2.65. The van der Waals surface area contributed by atoms with Crippen LogP contribution >= 0.6 is 0 Å². The number of rotatable bonds is 5. The molecule has 2 atom stereocenters. The molecule has 0 heterocycles. The minimum absolute atomic E-state index is 0.0642. The lowest BCUT2D eigenvalue weighted by Gasteiger charge is -2.30. The van der Waals surface area contributed by atoms with Crippen molar-refractivity contribution in [3.8, 4) is 0 Å². The second-order valence-corrected chi connectivity index (χ2v) is 4.65.